The average Bonchev–Trinajstić information content (AvgIpc) is 3.23. The van der Waals surface area contributed by atoms with Gasteiger partial charge in [-0.15, -0.1) is 0 Å². The van der Waals surface area contributed by atoms with Gasteiger partial charge in [0.05, 0.1) is 25.2 Å². The van der Waals surface area contributed by atoms with E-state index in [1.54, 1.807) is 0 Å². The molecule has 0 saturated heterocycles. The highest BCUT2D eigenvalue weighted by Gasteiger charge is 2.24. The van der Waals surface area contributed by atoms with Gasteiger partial charge >= 0.3 is 5.97 Å². The molecule has 0 radical (unpaired) electrons. The Kier molecular flexibility index (Phi) is 45.1. The minimum Gasteiger partial charge on any atom is -0.462 e. The minimum atomic E-state index is -0.794. The molecule has 0 aromatic heterocycles. The zero-order valence-electron chi connectivity index (χ0n) is 39.1. The van der Waals surface area contributed by atoms with E-state index in [-0.39, 0.29) is 24.9 Å². The van der Waals surface area contributed by atoms with Crippen LogP contribution in [0.1, 0.15) is 252 Å². The van der Waals surface area contributed by atoms with Crippen molar-refractivity contribution >= 4 is 11.9 Å². The first-order chi connectivity index (χ1) is 29.0. The van der Waals surface area contributed by atoms with Gasteiger partial charge in [-0.25, -0.2) is 0 Å². The minimum absolute atomic E-state index is 0.0592. The molecule has 0 heterocycles. The molecule has 0 fully saturated rings. The Bertz CT molecular complexity index is 1020. The number of unbranched alkanes of at least 4 members (excludes halogenated alkanes) is 27. The summed E-state index contributed by atoms with van der Waals surface area (Å²) in [6.07, 6.45) is 56.0. The van der Waals surface area contributed by atoms with Gasteiger partial charge in [0, 0.05) is 6.42 Å². The Morgan fingerprint density at radius 3 is 1.44 bits per heavy atom. The summed E-state index contributed by atoms with van der Waals surface area (Å²) in [7, 11) is 0. The highest BCUT2D eigenvalue weighted by atomic mass is 16.5. The summed E-state index contributed by atoms with van der Waals surface area (Å²) in [6, 6.07) is -0.709. The number of hydrogen-bond acceptors (Lipinski definition) is 5. The molecule has 0 aliphatic heterocycles. The lowest BCUT2D eigenvalue weighted by Crippen LogP contribution is -2.46. The number of ether oxygens (including phenoxy) is 1. The third-order valence-electron chi connectivity index (χ3n) is 11.5. The zero-order valence-corrected chi connectivity index (χ0v) is 39.1. The quantitative estimate of drug-likeness (QED) is 0.0246. The number of carbonyl (C=O) groups excluding carboxylic acids is 2. The Labute approximate surface area is 366 Å². The predicted octanol–water partition coefficient (Wildman–Crippen LogP) is 15.1. The summed E-state index contributed by atoms with van der Waals surface area (Å²) in [5.41, 5.74) is 0. The predicted molar refractivity (Wildman–Crippen MR) is 255 cm³/mol. The summed E-state index contributed by atoms with van der Waals surface area (Å²) in [6.45, 7) is 6.34. The van der Waals surface area contributed by atoms with Crippen molar-refractivity contribution in [3.8, 4) is 0 Å². The number of rotatable bonds is 45. The lowest BCUT2D eigenvalue weighted by atomic mass is 10.0. The van der Waals surface area contributed by atoms with E-state index in [2.05, 4.69) is 74.7 Å². The van der Waals surface area contributed by atoms with Gasteiger partial charge in [-0.1, -0.05) is 217 Å². The van der Waals surface area contributed by atoms with Crippen molar-refractivity contribution < 1.29 is 24.5 Å². The van der Waals surface area contributed by atoms with Gasteiger partial charge in [-0.2, -0.15) is 0 Å². The van der Waals surface area contributed by atoms with Crippen LogP contribution < -0.4 is 5.32 Å². The number of allylic oxidation sites excluding steroid dienone is 8. The molecule has 6 heteroatoms. The van der Waals surface area contributed by atoms with E-state index in [0.29, 0.717) is 19.3 Å². The van der Waals surface area contributed by atoms with Crippen LogP contribution in [-0.4, -0.2) is 46.9 Å². The van der Waals surface area contributed by atoms with Crippen molar-refractivity contribution in [3.63, 3.8) is 0 Å². The number of aliphatic hydroxyl groups excluding tert-OH is 2. The first-order valence-electron chi connectivity index (χ1n) is 25.4. The van der Waals surface area contributed by atoms with Crippen molar-refractivity contribution in [1.82, 2.24) is 5.32 Å². The van der Waals surface area contributed by atoms with E-state index < -0.39 is 18.2 Å². The van der Waals surface area contributed by atoms with Gasteiger partial charge < -0.3 is 20.3 Å². The van der Waals surface area contributed by atoms with Crippen LogP contribution >= 0.6 is 0 Å². The highest BCUT2D eigenvalue weighted by molar-refractivity contribution is 5.77. The molecule has 0 aliphatic carbocycles. The maximum absolute atomic E-state index is 13.2. The molecule has 0 rings (SSSR count). The summed E-state index contributed by atoms with van der Waals surface area (Å²) in [4.78, 5) is 26.1. The standard InChI is InChI=1S/C53H97NO5/c1-4-7-10-13-16-19-22-25-28-29-32-35-38-41-44-49(59-53(58)46-43-40-37-34-31-27-24-21-18-15-12-9-6-3)47-52(57)54-50(48-55)51(56)45-42-39-36-33-30-26-23-20-17-14-11-8-5-2/h9,12,15,18,21,24,28-29,49-51,55-56H,4-8,10-11,13-14,16-17,19-20,22-23,25-27,30-48H2,1-3H3,(H,54,57)/b12-9+,18-15+,24-21-,29-28+. The van der Waals surface area contributed by atoms with Crippen LogP contribution in [0.15, 0.2) is 48.6 Å². The highest BCUT2D eigenvalue weighted by Crippen LogP contribution is 2.17. The van der Waals surface area contributed by atoms with E-state index in [1.165, 1.54) is 109 Å². The zero-order chi connectivity index (χ0) is 43.1. The molecule has 0 saturated carbocycles. The smallest absolute Gasteiger partial charge is 0.306 e. The second-order valence-electron chi connectivity index (χ2n) is 17.2. The molecule has 6 nitrogen and oxygen atoms in total. The molecule has 59 heavy (non-hydrogen) atoms. The van der Waals surface area contributed by atoms with Crippen LogP contribution in [0.3, 0.4) is 0 Å². The fourth-order valence-corrected chi connectivity index (χ4v) is 7.60. The largest absolute Gasteiger partial charge is 0.462 e. The van der Waals surface area contributed by atoms with Crippen LogP contribution in [0.25, 0.3) is 0 Å². The number of hydrogen-bond donors (Lipinski definition) is 3. The Balaban J connectivity index is 4.62. The van der Waals surface area contributed by atoms with E-state index >= 15 is 0 Å². The topological polar surface area (TPSA) is 95.9 Å². The van der Waals surface area contributed by atoms with Crippen molar-refractivity contribution in [2.45, 2.75) is 270 Å². The lowest BCUT2D eigenvalue weighted by molar-refractivity contribution is -0.151. The number of nitrogens with one attached hydrogen (secondary N) is 1. The molecule has 1 amide bonds. The van der Waals surface area contributed by atoms with Crippen LogP contribution in [0.4, 0.5) is 0 Å². The molecule has 3 N–H and O–H groups in total. The van der Waals surface area contributed by atoms with E-state index in [1.807, 2.05) is 0 Å². The number of aliphatic hydroxyl groups is 2. The van der Waals surface area contributed by atoms with Crippen LogP contribution in [0, 0.1) is 0 Å². The van der Waals surface area contributed by atoms with Crippen LogP contribution in [-0.2, 0) is 14.3 Å². The molecular weight excluding hydrogens is 731 g/mol. The Morgan fingerprint density at radius 2 is 0.932 bits per heavy atom. The van der Waals surface area contributed by atoms with Gasteiger partial charge in [0.25, 0.3) is 0 Å². The Morgan fingerprint density at radius 1 is 0.508 bits per heavy atom. The van der Waals surface area contributed by atoms with Gasteiger partial charge in [-0.3, -0.25) is 9.59 Å². The first-order valence-corrected chi connectivity index (χ1v) is 25.4. The second kappa shape index (κ2) is 46.9. The van der Waals surface area contributed by atoms with Crippen LogP contribution in [0.2, 0.25) is 0 Å². The molecule has 0 spiro atoms. The van der Waals surface area contributed by atoms with E-state index in [0.717, 1.165) is 96.3 Å². The molecule has 3 unspecified atom stereocenters. The lowest BCUT2D eigenvalue weighted by Gasteiger charge is -2.24. The van der Waals surface area contributed by atoms with Crippen molar-refractivity contribution in [2.75, 3.05) is 6.61 Å². The van der Waals surface area contributed by atoms with Crippen LogP contribution in [0.5, 0.6) is 0 Å². The molecule has 344 valence electrons. The summed E-state index contributed by atoms with van der Waals surface area (Å²) < 4.78 is 5.91. The fraction of sp³-hybridized carbons (Fsp3) is 0.811. The SMILES string of the molecule is CC/C=C/C=C/C=C\CCCCCCCC(=O)OC(CCCCC/C=C/CCCCCCCCC)CC(=O)NC(CO)C(O)CCCCCCCCCCCCCCC. The fourth-order valence-electron chi connectivity index (χ4n) is 7.60. The maximum Gasteiger partial charge on any atom is 0.306 e. The Hall–Kier alpha value is -2.18. The van der Waals surface area contributed by atoms with Gasteiger partial charge in [0.2, 0.25) is 5.91 Å². The third kappa shape index (κ3) is 42.3. The first kappa shape index (κ1) is 56.8. The summed E-state index contributed by atoms with van der Waals surface area (Å²) >= 11 is 0. The maximum atomic E-state index is 13.2. The average molecular weight is 828 g/mol. The molecule has 0 bridgehead atoms. The molecular formula is C53H97NO5. The monoisotopic (exact) mass is 828 g/mol. The number of carbonyl (C=O) groups is 2. The summed E-state index contributed by atoms with van der Waals surface area (Å²) in [5, 5.41) is 23.7. The van der Waals surface area contributed by atoms with Gasteiger partial charge in [0.15, 0.2) is 0 Å². The van der Waals surface area contributed by atoms with E-state index in [9.17, 15) is 19.8 Å². The number of esters is 1. The molecule has 0 aromatic carbocycles. The van der Waals surface area contributed by atoms with E-state index in [4.69, 9.17) is 4.74 Å². The second-order valence-corrected chi connectivity index (χ2v) is 17.2. The molecule has 0 aromatic rings. The molecule has 3 atom stereocenters. The summed E-state index contributed by atoms with van der Waals surface area (Å²) in [5.74, 6) is -0.509. The van der Waals surface area contributed by atoms with Gasteiger partial charge in [-0.05, 0) is 70.6 Å². The third-order valence-corrected chi connectivity index (χ3v) is 11.5. The van der Waals surface area contributed by atoms with Crippen molar-refractivity contribution in [3.05, 3.63) is 48.6 Å². The van der Waals surface area contributed by atoms with Gasteiger partial charge in [0.1, 0.15) is 6.10 Å². The normalized spacial score (nSPS) is 13.6. The molecule has 0 aliphatic rings. The van der Waals surface area contributed by atoms with Crippen molar-refractivity contribution in [2.24, 2.45) is 0 Å². The number of amides is 1. The van der Waals surface area contributed by atoms with Crippen molar-refractivity contribution in [1.29, 1.82) is 0 Å².